The third-order valence-electron chi connectivity index (χ3n) is 2.25. The Labute approximate surface area is 95.2 Å². The van der Waals surface area contributed by atoms with Crippen LogP contribution in [0.15, 0.2) is 29.2 Å². The highest BCUT2D eigenvalue weighted by atomic mass is 35.5. The third-order valence-corrected chi connectivity index (χ3v) is 4.95. The second-order valence-corrected chi connectivity index (χ2v) is 6.11. The summed E-state index contributed by atoms with van der Waals surface area (Å²) >= 11 is 5.84. The molecule has 0 fully saturated rings. The van der Waals surface area contributed by atoms with E-state index in [1.807, 2.05) is 0 Å². The first-order valence-corrected chi connectivity index (χ1v) is 6.61. The second-order valence-electron chi connectivity index (χ2n) is 3.36. The minimum atomic E-state index is -3.34. The molecule has 2 N–H and O–H groups in total. The SMILES string of the molecule is CC(CCN)S(=O)(=O)c1ccccc1Cl. The molecule has 1 aromatic rings. The number of halogens is 1. The fourth-order valence-electron chi connectivity index (χ4n) is 1.28. The average molecular weight is 248 g/mol. The van der Waals surface area contributed by atoms with E-state index < -0.39 is 15.1 Å². The van der Waals surface area contributed by atoms with Crippen molar-refractivity contribution >= 4 is 21.4 Å². The summed E-state index contributed by atoms with van der Waals surface area (Å²) < 4.78 is 24.0. The van der Waals surface area contributed by atoms with E-state index in [9.17, 15) is 8.42 Å². The van der Waals surface area contributed by atoms with Gasteiger partial charge in [-0.1, -0.05) is 23.7 Å². The molecule has 0 bridgehead atoms. The zero-order valence-electron chi connectivity index (χ0n) is 8.48. The molecule has 1 aromatic carbocycles. The van der Waals surface area contributed by atoms with Gasteiger partial charge in [-0.3, -0.25) is 0 Å². The molecule has 0 saturated heterocycles. The fraction of sp³-hybridized carbons (Fsp3) is 0.400. The molecule has 0 saturated carbocycles. The minimum absolute atomic E-state index is 0.188. The van der Waals surface area contributed by atoms with Crippen molar-refractivity contribution in [2.24, 2.45) is 5.73 Å². The normalized spacial score (nSPS) is 13.8. The summed E-state index contributed by atoms with van der Waals surface area (Å²) in [7, 11) is -3.34. The van der Waals surface area contributed by atoms with Crippen LogP contribution in [0.3, 0.4) is 0 Å². The van der Waals surface area contributed by atoms with Crippen LogP contribution in [0.1, 0.15) is 13.3 Å². The van der Waals surface area contributed by atoms with Crippen molar-refractivity contribution in [3.63, 3.8) is 0 Å². The van der Waals surface area contributed by atoms with E-state index in [1.54, 1.807) is 25.1 Å². The van der Waals surface area contributed by atoms with Crippen molar-refractivity contribution in [3.05, 3.63) is 29.3 Å². The first-order chi connectivity index (χ1) is 7.00. The number of hydrogen-bond acceptors (Lipinski definition) is 3. The molecule has 1 unspecified atom stereocenters. The molecule has 5 heteroatoms. The highest BCUT2D eigenvalue weighted by Crippen LogP contribution is 2.25. The Morgan fingerprint density at radius 1 is 1.40 bits per heavy atom. The van der Waals surface area contributed by atoms with Gasteiger partial charge in [0.1, 0.15) is 0 Å². The maximum atomic E-state index is 12.0. The third kappa shape index (κ3) is 2.71. The zero-order valence-corrected chi connectivity index (χ0v) is 10.1. The number of sulfone groups is 1. The predicted octanol–water partition coefficient (Wildman–Crippen LogP) is 1.85. The van der Waals surface area contributed by atoms with Crippen molar-refractivity contribution in [1.29, 1.82) is 0 Å². The Balaban J connectivity index is 3.12. The lowest BCUT2D eigenvalue weighted by atomic mass is 10.3. The van der Waals surface area contributed by atoms with Crippen LogP contribution < -0.4 is 5.73 Å². The molecule has 0 spiro atoms. The molecule has 0 aromatic heterocycles. The van der Waals surface area contributed by atoms with Gasteiger partial charge in [-0.25, -0.2) is 8.42 Å². The highest BCUT2D eigenvalue weighted by Gasteiger charge is 2.24. The summed E-state index contributed by atoms with van der Waals surface area (Å²) in [4.78, 5) is 0.188. The number of nitrogens with two attached hydrogens (primary N) is 1. The van der Waals surface area contributed by atoms with E-state index in [-0.39, 0.29) is 9.92 Å². The van der Waals surface area contributed by atoms with Crippen LogP contribution in [0.4, 0.5) is 0 Å². The van der Waals surface area contributed by atoms with Crippen LogP contribution >= 0.6 is 11.6 Å². The molecule has 0 aliphatic carbocycles. The Bertz CT molecular complexity index is 431. The van der Waals surface area contributed by atoms with Crippen molar-refractivity contribution in [2.45, 2.75) is 23.5 Å². The largest absolute Gasteiger partial charge is 0.330 e. The van der Waals surface area contributed by atoms with Crippen LogP contribution in [0.2, 0.25) is 5.02 Å². The highest BCUT2D eigenvalue weighted by molar-refractivity contribution is 7.92. The summed E-state index contributed by atoms with van der Waals surface area (Å²) in [6, 6.07) is 6.46. The summed E-state index contributed by atoms with van der Waals surface area (Å²) in [6.45, 7) is 2.00. The number of benzene rings is 1. The van der Waals surface area contributed by atoms with E-state index in [0.29, 0.717) is 13.0 Å². The van der Waals surface area contributed by atoms with E-state index in [0.717, 1.165) is 0 Å². The molecular weight excluding hydrogens is 234 g/mol. The molecule has 1 atom stereocenters. The lowest BCUT2D eigenvalue weighted by Gasteiger charge is -2.12. The smallest absolute Gasteiger partial charge is 0.182 e. The van der Waals surface area contributed by atoms with Gasteiger partial charge in [0, 0.05) is 0 Å². The molecule has 0 aliphatic rings. The standard InChI is InChI=1S/C10H14ClNO2S/c1-8(6-7-12)15(13,14)10-5-3-2-4-9(10)11/h2-5,8H,6-7,12H2,1H3. The van der Waals surface area contributed by atoms with Gasteiger partial charge in [0.05, 0.1) is 15.2 Å². The van der Waals surface area contributed by atoms with Crippen LogP contribution in [0.25, 0.3) is 0 Å². The van der Waals surface area contributed by atoms with Crippen LogP contribution in [0.5, 0.6) is 0 Å². The van der Waals surface area contributed by atoms with Crippen molar-refractivity contribution in [1.82, 2.24) is 0 Å². The molecule has 0 amide bonds. The zero-order chi connectivity index (χ0) is 11.5. The molecular formula is C10H14ClNO2S. The minimum Gasteiger partial charge on any atom is -0.330 e. The molecule has 1 rings (SSSR count). The second kappa shape index (κ2) is 4.96. The van der Waals surface area contributed by atoms with E-state index in [1.165, 1.54) is 6.07 Å². The quantitative estimate of drug-likeness (QED) is 0.883. The lowest BCUT2D eigenvalue weighted by Crippen LogP contribution is -2.21. The Morgan fingerprint density at radius 2 is 2.00 bits per heavy atom. The molecule has 0 heterocycles. The van der Waals surface area contributed by atoms with E-state index in [4.69, 9.17) is 17.3 Å². The van der Waals surface area contributed by atoms with Gasteiger partial charge in [0.15, 0.2) is 9.84 Å². The Morgan fingerprint density at radius 3 is 2.53 bits per heavy atom. The number of hydrogen-bond donors (Lipinski definition) is 1. The fourth-order valence-corrected chi connectivity index (χ4v) is 3.23. The van der Waals surface area contributed by atoms with Crippen LogP contribution in [-0.4, -0.2) is 20.2 Å². The summed E-state index contributed by atoms with van der Waals surface area (Å²) in [6.07, 6.45) is 0.438. The summed E-state index contributed by atoms with van der Waals surface area (Å²) in [5.41, 5.74) is 5.34. The van der Waals surface area contributed by atoms with Crippen molar-refractivity contribution < 1.29 is 8.42 Å². The monoisotopic (exact) mass is 247 g/mol. The van der Waals surface area contributed by atoms with Crippen molar-refractivity contribution in [2.75, 3.05) is 6.54 Å². The average Bonchev–Trinajstić information content (AvgIpc) is 2.18. The molecule has 3 nitrogen and oxygen atoms in total. The van der Waals surface area contributed by atoms with Gasteiger partial charge in [-0.2, -0.15) is 0 Å². The van der Waals surface area contributed by atoms with Gasteiger partial charge < -0.3 is 5.73 Å². The van der Waals surface area contributed by atoms with E-state index >= 15 is 0 Å². The van der Waals surface area contributed by atoms with Gasteiger partial charge in [0.2, 0.25) is 0 Å². The summed E-state index contributed by atoms with van der Waals surface area (Å²) in [5.74, 6) is 0. The molecule has 0 aliphatic heterocycles. The first-order valence-electron chi connectivity index (χ1n) is 4.68. The predicted molar refractivity (Wildman–Crippen MR) is 61.8 cm³/mol. The Hall–Kier alpha value is -0.580. The van der Waals surface area contributed by atoms with Crippen LogP contribution in [0, 0.1) is 0 Å². The molecule has 15 heavy (non-hydrogen) atoms. The Kier molecular flexibility index (Phi) is 4.13. The van der Waals surface area contributed by atoms with Gasteiger partial charge in [-0.15, -0.1) is 0 Å². The maximum Gasteiger partial charge on any atom is 0.182 e. The molecule has 0 radical (unpaired) electrons. The molecule has 84 valence electrons. The van der Waals surface area contributed by atoms with Gasteiger partial charge in [0.25, 0.3) is 0 Å². The topological polar surface area (TPSA) is 60.2 Å². The van der Waals surface area contributed by atoms with Gasteiger partial charge in [-0.05, 0) is 32.0 Å². The van der Waals surface area contributed by atoms with Crippen LogP contribution in [-0.2, 0) is 9.84 Å². The number of rotatable bonds is 4. The summed E-state index contributed by atoms with van der Waals surface area (Å²) in [5, 5.41) is -0.233. The maximum absolute atomic E-state index is 12.0. The van der Waals surface area contributed by atoms with Gasteiger partial charge >= 0.3 is 0 Å². The lowest BCUT2D eigenvalue weighted by molar-refractivity contribution is 0.578. The first kappa shape index (κ1) is 12.5. The van der Waals surface area contributed by atoms with Crippen molar-refractivity contribution in [3.8, 4) is 0 Å². The van der Waals surface area contributed by atoms with E-state index in [2.05, 4.69) is 0 Å².